The van der Waals surface area contributed by atoms with Gasteiger partial charge < -0.3 is 10.6 Å². The Labute approximate surface area is 90.9 Å². The maximum Gasteiger partial charge on any atom is 0.221 e. The molecule has 1 rings (SSSR count). The molecule has 1 amide bonds. The van der Waals surface area contributed by atoms with Gasteiger partial charge in [-0.1, -0.05) is 17.7 Å². The molecular formula is C12H18N2O. The van der Waals surface area contributed by atoms with Gasteiger partial charge in [-0.2, -0.15) is 0 Å². The van der Waals surface area contributed by atoms with Gasteiger partial charge in [0.05, 0.1) is 0 Å². The third-order valence-corrected chi connectivity index (χ3v) is 2.33. The van der Waals surface area contributed by atoms with Crippen molar-refractivity contribution in [3.8, 4) is 0 Å². The zero-order valence-corrected chi connectivity index (χ0v) is 9.55. The van der Waals surface area contributed by atoms with Gasteiger partial charge in [0.15, 0.2) is 0 Å². The molecule has 0 bridgehead atoms. The maximum atomic E-state index is 11.0. The van der Waals surface area contributed by atoms with Crippen LogP contribution in [-0.4, -0.2) is 19.5 Å². The molecule has 82 valence electrons. The van der Waals surface area contributed by atoms with E-state index >= 15 is 0 Å². The van der Waals surface area contributed by atoms with Gasteiger partial charge >= 0.3 is 0 Å². The van der Waals surface area contributed by atoms with Crippen molar-refractivity contribution in [2.24, 2.45) is 0 Å². The number of rotatable bonds is 4. The highest BCUT2D eigenvalue weighted by molar-refractivity contribution is 5.76. The highest BCUT2D eigenvalue weighted by Gasteiger charge is 1.99. The lowest BCUT2D eigenvalue weighted by Crippen LogP contribution is -2.20. The van der Waals surface area contributed by atoms with Gasteiger partial charge in [-0.05, 0) is 25.5 Å². The first kappa shape index (κ1) is 11.6. The Morgan fingerprint density at radius 3 is 2.67 bits per heavy atom. The third kappa shape index (κ3) is 3.62. The smallest absolute Gasteiger partial charge is 0.221 e. The number of carbonyl (C=O) groups excluding carboxylic acids is 1. The monoisotopic (exact) mass is 206 g/mol. The Hall–Kier alpha value is -1.51. The summed E-state index contributed by atoms with van der Waals surface area (Å²) in [6.07, 6.45) is 0.504. The topological polar surface area (TPSA) is 41.1 Å². The number of carbonyl (C=O) groups is 1. The fourth-order valence-electron chi connectivity index (χ4n) is 1.45. The summed E-state index contributed by atoms with van der Waals surface area (Å²) in [6, 6.07) is 6.24. The number of aryl methyl sites for hydroxylation is 2. The molecule has 0 spiro atoms. The number of hydrogen-bond acceptors (Lipinski definition) is 2. The molecule has 1 aromatic rings. The molecule has 0 aliphatic rings. The Kier molecular flexibility index (Phi) is 4.16. The number of nitrogens with one attached hydrogen (secondary N) is 2. The second kappa shape index (κ2) is 5.39. The van der Waals surface area contributed by atoms with Crippen LogP contribution in [0.3, 0.4) is 0 Å². The Bertz CT molecular complexity index is 347. The highest BCUT2D eigenvalue weighted by Crippen LogP contribution is 2.15. The van der Waals surface area contributed by atoms with Crippen molar-refractivity contribution >= 4 is 11.6 Å². The third-order valence-electron chi connectivity index (χ3n) is 2.33. The van der Waals surface area contributed by atoms with E-state index in [0.29, 0.717) is 13.0 Å². The van der Waals surface area contributed by atoms with E-state index in [2.05, 4.69) is 42.7 Å². The number of anilines is 1. The molecule has 0 aromatic heterocycles. The van der Waals surface area contributed by atoms with Crippen molar-refractivity contribution in [1.82, 2.24) is 5.32 Å². The zero-order chi connectivity index (χ0) is 11.3. The SMILES string of the molecule is CNC(=O)CCNc1ccc(C)cc1C. The van der Waals surface area contributed by atoms with Gasteiger partial charge in [-0.3, -0.25) is 4.79 Å². The molecule has 0 fully saturated rings. The average Bonchev–Trinajstić information content (AvgIpc) is 2.21. The van der Waals surface area contributed by atoms with Crippen molar-refractivity contribution in [3.05, 3.63) is 29.3 Å². The summed E-state index contributed by atoms with van der Waals surface area (Å²) >= 11 is 0. The van der Waals surface area contributed by atoms with Gasteiger partial charge in [0.1, 0.15) is 0 Å². The molecule has 0 aliphatic heterocycles. The van der Waals surface area contributed by atoms with Crippen molar-refractivity contribution in [2.45, 2.75) is 20.3 Å². The van der Waals surface area contributed by atoms with E-state index in [1.54, 1.807) is 7.05 Å². The van der Waals surface area contributed by atoms with E-state index in [4.69, 9.17) is 0 Å². The van der Waals surface area contributed by atoms with Crippen molar-refractivity contribution < 1.29 is 4.79 Å². The van der Waals surface area contributed by atoms with E-state index < -0.39 is 0 Å². The average molecular weight is 206 g/mol. The molecule has 0 aliphatic carbocycles. The van der Waals surface area contributed by atoms with Crippen LogP contribution < -0.4 is 10.6 Å². The lowest BCUT2D eigenvalue weighted by Gasteiger charge is -2.09. The molecular weight excluding hydrogens is 188 g/mol. The first-order chi connectivity index (χ1) is 7.13. The molecule has 0 atom stereocenters. The lowest BCUT2D eigenvalue weighted by molar-refractivity contribution is -0.120. The van der Waals surface area contributed by atoms with Crippen LogP contribution in [0.25, 0.3) is 0 Å². The van der Waals surface area contributed by atoms with Crippen LogP contribution in [0.4, 0.5) is 5.69 Å². The van der Waals surface area contributed by atoms with E-state index in [-0.39, 0.29) is 5.91 Å². The van der Waals surface area contributed by atoms with Gasteiger partial charge in [0.25, 0.3) is 0 Å². The Morgan fingerprint density at radius 1 is 1.33 bits per heavy atom. The Morgan fingerprint density at radius 2 is 2.07 bits per heavy atom. The molecule has 0 unspecified atom stereocenters. The highest BCUT2D eigenvalue weighted by atomic mass is 16.1. The van der Waals surface area contributed by atoms with E-state index in [0.717, 1.165) is 5.69 Å². The summed E-state index contributed by atoms with van der Waals surface area (Å²) < 4.78 is 0. The summed E-state index contributed by atoms with van der Waals surface area (Å²) in [7, 11) is 1.65. The molecule has 0 saturated heterocycles. The summed E-state index contributed by atoms with van der Waals surface area (Å²) in [4.78, 5) is 11.0. The second-order valence-corrected chi connectivity index (χ2v) is 3.67. The molecule has 2 N–H and O–H groups in total. The predicted molar refractivity (Wildman–Crippen MR) is 63.1 cm³/mol. The van der Waals surface area contributed by atoms with Crippen LogP contribution in [-0.2, 0) is 4.79 Å². The van der Waals surface area contributed by atoms with Crippen LogP contribution >= 0.6 is 0 Å². The van der Waals surface area contributed by atoms with Gasteiger partial charge in [0.2, 0.25) is 5.91 Å². The van der Waals surface area contributed by atoms with Crippen LogP contribution in [0.15, 0.2) is 18.2 Å². The summed E-state index contributed by atoms with van der Waals surface area (Å²) in [6.45, 7) is 4.81. The van der Waals surface area contributed by atoms with Gasteiger partial charge in [0, 0.05) is 25.7 Å². The quantitative estimate of drug-likeness (QED) is 0.789. The first-order valence-electron chi connectivity index (χ1n) is 5.15. The minimum absolute atomic E-state index is 0.0623. The molecule has 0 saturated carbocycles. The van der Waals surface area contributed by atoms with Crippen LogP contribution in [0.1, 0.15) is 17.5 Å². The maximum absolute atomic E-state index is 11.0. The molecule has 0 radical (unpaired) electrons. The van der Waals surface area contributed by atoms with E-state index in [1.807, 2.05) is 0 Å². The molecule has 1 aromatic carbocycles. The minimum atomic E-state index is 0.0623. The Balaban J connectivity index is 2.47. The molecule has 15 heavy (non-hydrogen) atoms. The van der Waals surface area contributed by atoms with Gasteiger partial charge in [-0.15, -0.1) is 0 Å². The fraction of sp³-hybridized carbons (Fsp3) is 0.417. The van der Waals surface area contributed by atoms with Crippen LogP contribution in [0.5, 0.6) is 0 Å². The molecule has 3 heteroatoms. The zero-order valence-electron chi connectivity index (χ0n) is 9.55. The van der Waals surface area contributed by atoms with Crippen molar-refractivity contribution in [2.75, 3.05) is 18.9 Å². The normalized spacial score (nSPS) is 9.80. The summed E-state index contributed by atoms with van der Waals surface area (Å²) in [5, 5.41) is 5.84. The molecule has 0 heterocycles. The summed E-state index contributed by atoms with van der Waals surface area (Å²) in [5.74, 6) is 0.0623. The van der Waals surface area contributed by atoms with E-state index in [1.165, 1.54) is 11.1 Å². The predicted octanol–water partition coefficient (Wildman–Crippen LogP) is 1.85. The largest absolute Gasteiger partial charge is 0.384 e. The van der Waals surface area contributed by atoms with Crippen molar-refractivity contribution in [1.29, 1.82) is 0 Å². The fourth-order valence-corrected chi connectivity index (χ4v) is 1.45. The first-order valence-corrected chi connectivity index (χ1v) is 5.15. The number of amides is 1. The number of benzene rings is 1. The number of hydrogen-bond donors (Lipinski definition) is 2. The summed E-state index contributed by atoms with van der Waals surface area (Å²) in [5.41, 5.74) is 3.57. The molecule has 3 nitrogen and oxygen atoms in total. The van der Waals surface area contributed by atoms with Gasteiger partial charge in [-0.25, -0.2) is 0 Å². The van der Waals surface area contributed by atoms with E-state index in [9.17, 15) is 4.79 Å². The standard InChI is InChI=1S/C12H18N2O/c1-9-4-5-11(10(2)8-9)14-7-6-12(15)13-3/h4-5,8,14H,6-7H2,1-3H3,(H,13,15). The minimum Gasteiger partial charge on any atom is -0.384 e. The van der Waals surface area contributed by atoms with Crippen LogP contribution in [0.2, 0.25) is 0 Å². The second-order valence-electron chi connectivity index (χ2n) is 3.67. The van der Waals surface area contributed by atoms with Crippen molar-refractivity contribution in [3.63, 3.8) is 0 Å². The van der Waals surface area contributed by atoms with Crippen LogP contribution in [0, 0.1) is 13.8 Å². The lowest BCUT2D eigenvalue weighted by atomic mass is 10.1.